The Morgan fingerprint density at radius 3 is 2.61 bits per heavy atom. The Balaban J connectivity index is 0.00000289. The third kappa shape index (κ3) is 7.92. The van der Waals surface area contributed by atoms with Crippen LogP contribution in [0.5, 0.6) is 5.75 Å². The molecular formula is C13H21ClN2O2. The van der Waals surface area contributed by atoms with Crippen molar-refractivity contribution in [3.8, 4) is 5.75 Å². The molecule has 2 N–H and O–H groups in total. The topological polar surface area (TPSA) is 50.4 Å². The van der Waals surface area contributed by atoms with Crippen molar-refractivity contribution in [3.63, 3.8) is 0 Å². The van der Waals surface area contributed by atoms with Crippen LogP contribution in [0.25, 0.3) is 0 Å². The monoisotopic (exact) mass is 272 g/mol. The van der Waals surface area contributed by atoms with Crippen molar-refractivity contribution in [3.05, 3.63) is 30.3 Å². The van der Waals surface area contributed by atoms with E-state index in [0.29, 0.717) is 19.6 Å². The summed E-state index contributed by atoms with van der Waals surface area (Å²) in [5.74, 6) is 0.931. The van der Waals surface area contributed by atoms with Gasteiger partial charge in [0.05, 0.1) is 6.61 Å². The number of hydrogen-bond acceptors (Lipinski definition) is 3. The normalized spacial score (nSPS) is 9.39. The summed E-state index contributed by atoms with van der Waals surface area (Å²) in [6.45, 7) is 2.05. The average molecular weight is 273 g/mol. The summed E-state index contributed by atoms with van der Waals surface area (Å²) in [6, 6.07) is 9.63. The summed E-state index contributed by atoms with van der Waals surface area (Å²) >= 11 is 0. The van der Waals surface area contributed by atoms with E-state index < -0.39 is 0 Å². The zero-order chi connectivity index (χ0) is 12.3. The highest BCUT2D eigenvalue weighted by atomic mass is 35.5. The van der Waals surface area contributed by atoms with Crippen LogP contribution >= 0.6 is 12.4 Å². The maximum atomic E-state index is 11.3. The smallest absolute Gasteiger partial charge is 0.220 e. The number of rotatable bonds is 8. The lowest BCUT2D eigenvalue weighted by atomic mass is 10.3. The van der Waals surface area contributed by atoms with Gasteiger partial charge in [-0.15, -0.1) is 12.4 Å². The lowest BCUT2D eigenvalue weighted by molar-refractivity contribution is -0.121. The van der Waals surface area contributed by atoms with E-state index in [9.17, 15) is 4.79 Å². The Bertz CT molecular complexity index is 320. The Morgan fingerprint density at radius 1 is 1.22 bits per heavy atom. The third-order valence-electron chi connectivity index (χ3n) is 2.26. The summed E-state index contributed by atoms with van der Waals surface area (Å²) in [7, 11) is 1.86. The van der Waals surface area contributed by atoms with E-state index in [2.05, 4.69) is 10.6 Å². The highest BCUT2D eigenvalue weighted by Crippen LogP contribution is 2.08. The zero-order valence-electron chi connectivity index (χ0n) is 10.6. The van der Waals surface area contributed by atoms with Gasteiger partial charge in [-0.2, -0.15) is 0 Å². The number of carbonyl (C=O) groups is 1. The van der Waals surface area contributed by atoms with Gasteiger partial charge in [-0.3, -0.25) is 4.79 Å². The first-order valence-electron chi connectivity index (χ1n) is 5.92. The minimum atomic E-state index is 0. The van der Waals surface area contributed by atoms with Crippen molar-refractivity contribution in [2.45, 2.75) is 12.8 Å². The molecule has 0 saturated heterocycles. The maximum Gasteiger partial charge on any atom is 0.220 e. The Kier molecular flexibility index (Phi) is 10.1. The number of ether oxygens (including phenoxy) is 1. The van der Waals surface area contributed by atoms with Gasteiger partial charge in [0, 0.05) is 19.5 Å². The van der Waals surface area contributed by atoms with Gasteiger partial charge < -0.3 is 15.4 Å². The van der Waals surface area contributed by atoms with Crippen molar-refractivity contribution < 1.29 is 9.53 Å². The first-order chi connectivity index (χ1) is 8.33. The second-order valence-electron chi connectivity index (χ2n) is 3.72. The number of amides is 1. The van der Waals surface area contributed by atoms with Gasteiger partial charge in [-0.1, -0.05) is 18.2 Å². The zero-order valence-corrected chi connectivity index (χ0v) is 11.5. The quantitative estimate of drug-likeness (QED) is 0.707. The summed E-state index contributed by atoms with van der Waals surface area (Å²) in [5, 5.41) is 5.80. The molecule has 0 unspecified atom stereocenters. The van der Waals surface area contributed by atoms with E-state index in [-0.39, 0.29) is 18.3 Å². The largest absolute Gasteiger partial charge is 0.494 e. The van der Waals surface area contributed by atoms with Crippen LogP contribution in [-0.4, -0.2) is 32.7 Å². The van der Waals surface area contributed by atoms with E-state index in [1.54, 1.807) is 0 Å². The molecule has 0 atom stereocenters. The predicted octanol–water partition coefficient (Wildman–Crippen LogP) is 1.60. The molecule has 4 nitrogen and oxygen atoms in total. The standard InChI is InChI=1S/C13H20N2O2.ClH/c1-14-9-10-15-13(16)8-5-11-17-12-6-3-2-4-7-12;/h2-4,6-7,14H,5,8-11H2,1H3,(H,15,16);1H. The fourth-order valence-corrected chi connectivity index (χ4v) is 1.35. The van der Waals surface area contributed by atoms with Crippen LogP contribution in [-0.2, 0) is 4.79 Å². The van der Waals surface area contributed by atoms with Crippen LogP contribution in [0.1, 0.15) is 12.8 Å². The lowest BCUT2D eigenvalue weighted by Gasteiger charge is -2.06. The van der Waals surface area contributed by atoms with Gasteiger partial charge in [-0.05, 0) is 25.6 Å². The molecule has 0 fully saturated rings. The number of likely N-dealkylation sites (N-methyl/N-ethyl adjacent to an activating group) is 1. The molecule has 18 heavy (non-hydrogen) atoms. The summed E-state index contributed by atoms with van der Waals surface area (Å²) in [5.41, 5.74) is 0. The van der Waals surface area contributed by atoms with Crippen molar-refractivity contribution in [1.82, 2.24) is 10.6 Å². The fraction of sp³-hybridized carbons (Fsp3) is 0.462. The third-order valence-corrected chi connectivity index (χ3v) is 2.26. The molecule has 1 aromatic carbocycles. The SMILES string of the molecule is CNCCNC(=O)CCCOc1ccccc1.Cl. The second kappa shape index (κ2) is 10.9. The van der Waals surface area contributed by atoms with Gasteiger partial charge in [0.25, 0.3) is 0 Å². The van der Waals surface area contributed by atoms with Crippen LogP contribution in [0.15, 0.2) is 30.3 Å². The van der Waals surface area contributed by atoms with Gasteiger partial charge in [0.1, 0.15) is 5.75 Å². The van der Waals surface area contributed by atoms with Crippen molar-refractivity contribution in [1.29, 1.82) is 0 Å². The van der Waals surface area contributed by atoms with Gasteiger partial charge in [-0.25, -0.2) is 0 Å². The number of benzene rings is 1. The van der Waals surface area contributed by atoms with E-state index in [1.165, 1.54) is 0 Å². The summed E-state index contributed by atoms with van der Waals surface area (Å²) in [4.78, 5) is 11.3. The molecular weight excluding hydrogens is 252 g/mol. The molecule has 102 valence electrons. The van der Waals surface area contributed by atoms with Gasteiger partial charge >= 0.3 is 0 Å². The van der Waals surface area contributed by atoms with Crippen LogP contribution in [0.3, 0.4) is 0 Å². The van der Waals surface area contributed by atoms with Crippen molar-refractivity contribution >= 4 is 18.3 Å². The van der Waals surface area contributed by atoms with Gasteiger partial charge in [0.15, 0.2) is 0 Å². The molecule has 1 aromatic rings. The molecule has 5 heteroatoms. The number of nitrogens with one attached hydrogen (secondary N) is 2. The molecule has 0 aliphatic heterocycles. The predicted molar refractivity (Wildman–Crippen MR) is 75.4 cm³/mol. The number of para-hydroxylation sites is 1. The molecule has 0 aliphatic carbocycles. The van der Waals surface area contributed by atoms with Crippen molar-refractivity contribution in [2.24, 2.45) is 0 Å². The van der Waals surface area contributed by atoms with E-state index in [0.717, 1.165) is 18.7 Å². The molecule has 0 bridgehead atoms. The maximum absolute atomic E-state index is 11.3. The Hall–Kier alpha value is -1.26. The molecule has 0 heterocycles. The number of halogens is 1. The van der Waals surface area contributed by atoms with E-state index in [4.69, 9.17) is 4.74 Å². The molecule has 0 radical (unpaired) electrons. The molecule has 0 saturated carbocycles. The highest BCUT2D eigenvalue weighted by Gasteiger charge is 2.00. The second-order valence-corrected chi connectivity index (χ2v) is 3.72. The molecule has 0 aromatic heterocycles. The Labute approximate surface area is 115 Å². The first kappa shape index (κ1) is 16.7. The first-order valence-corrected chi connectivity index (χ1v) is 5.92. The van der Waals surface area contributed by atoms with Crippen LogP contribution in [0.2, 0.25) is 0 Å². The van der Waals surface area contributed by atoms with E-state index in [1.807, 2.05) is 37.4 Å². The summed E-state index contributed by atoms with van der Waals surface area (Å²) in [6.07, 6.45) is 1.25. The van der Waals surface area contributed by atoms with Crippen LogP contribution < -0.4 is 15.4 Å². The lowest BCUT2D eigenvalue weighted by Crippen LogP contribution is -2.30. The number of carbonyl (C=O) groups excluding carboxylic acids is 1. The fourth-order valence-electron chi connectivity index (χ4n) is 1.35. The van der Waals surface area contributed by atoms with Crippen LogP contribution in [0, 0.1) is 0 Å². The number of hydrogen-bond donors (Lipinski definition) is 2. The summed E-state index contributed by atoms with van der Waals surface area (Å²) < 4.78 is 5.49. The molecule has 1 amide bonds. The van der Waals surface area contributed by atoms with Crippen LogP contribution in [0.4, 0.5) is 0 Å². The highest BCUT2D eigenvalue weighted by molar-refractivity contribution is 5.85. The van der Waals surface area contributed by atoms with Gasteiger partial charge in [0.2, 0.25) is 5.91 Å². The minimum Gasteiger partial charge on any atom is -0.494 e. The average Bonchev–Trinajstić information content (AvgIpc) is 2.36. The minimum absolute atomic E-state index is 0. The molecule has 0 aliphatic rings. The molecule has 1 rings (SSSR count). The Morgan fingerprint density at radius 2 is 1.94 bits per heavy atom. The molecule has 0 spiro atoms. The van der Waals surface area contributed by atoms with E-state index >= 15 is 0 Å². The van der Waals surface area contributed by atoms with Crippen molar-refractivity contribution in [2.75, 3.05) is 26.7 Å².